The van der Waals surface area contributed by atoms with Gasteiger partial charge in [0, 0.05) is 12.2 Å². The van der Waals surface area contributed by atoms with E-state index in [-0.39, 0.29) is 11.7 Å². The van der Waals surface area contributed by atoms with Crippen LogP contribution in [0.4, 0.5) is 0 Å². The molecule has 3 nitrogen and oxygen atoms in total. The van der Waals surface area contributed by atoms with Crippen molar-refractivity contribution in [3.05, 3.63) is 27.9 Å². The van der Waals surface area contributed by atoms with Crippen LogP contribution in [0.5, 0.6) is 0 Å². The van der Waals surface area contributed by atoms with Gasteiger partial charge in [0.1, 0.15) is 0 Å². The molecule has 0 atom stereocenters. The molecule has 0 bridgehead atoms. The van der Waals surface area contributed by atoms with Crippen molar-refractivity contribution in [3.8, 4) is 0 Å². The molecule has 0 N–H and O–H groups in total. The minimum Gasteiger partial charge on any atom is -0.296 e. The second-order valence-corrected chi connectivity index (χ2v) is 3.85. The minimum atomic E-state index is -0.101. The van der Waals surface area contributed by atoms with Gasteiger partial charge in [-0.2, -0.15) is 4.98 Å². The highest BCUT2D eigenvalue weighted by Crippen LogP contribution is 2.18. The summed E-state index contributed by atoms with van der Waals surface area (Å²) >= 11 is 0. The Morgan fingerprint density at radius 2 is 2.23 bits per heavy atom. The molecule has 13 heavy (non-hydrogen) atoms. The van der Waals surface area contributed by atoms with Crippen LogP contribution in [-0.2, 0) is 12.8 Å². The molecular formula is C10H14N2O. The molecule has 0 aliphatic heterocycles. The average molecular weight is 178 g/mol. The van der Waals surface area contributed by atoms with Gasteiger partial charge in [0.15, 0.2) is 0 Å². The third-order valence-electron chi connectivity index (χ3n) is 2.53. The monoisotopic (exact) mass is 178 g/mol. The van der Waals surface area contributed by atoms with Crippen LogP contribution in [0, 0.1) is 0 Å². The molecule has 0 fully saturated rings. The van der Waals surface area contributed by atoms with E-state index < -0.39 is 0 Å². The van der Waals surface area contributed by atoms with Gasteiger partial charge in [0.25, 0.3) is 0 Å². The smallest absolute Gasteiger partial charge is 0.296 e. The molecule has 0 saturated carbocycles. The first-order chi connectivity index (χ1) is 6.18. The quantitative estimate of drug-likeness (QED) is 0.650. The summed E-state index contributed by atoms with van der Waals surface area (Å²) in [5.74, 6) is 0. The maximum absolute atomic E-state index is 11.5. The van der Waals surface area contributed by atoms with E-state index in [0.29, 0.717) is 0 Å². The van der Waals surface area contributed by atoms with Crippen LogP contribution in [0.15, 0.2) is 11.0 Å². The fourth-order valence-corrected chi connectivity index (χ4v) is 1.78. The van der Waals surface area contributed by atoms with Gasteiger partial charge in [-0.1, -0.05) is 0 Å². The van der Waals surface area contributed by atoms with Crippen molar-refractivity contribution in [2.75, 3.05) is 0 Å². The summed E-state index contributed by atoms with van der Waals surface area (Å²) < 4.78 is 1.71. The molecule has 0 radical (unpaired) electrons. The molecule has 3 heteroatoms. The lowest BCUT2D eigenvalue weighted by atomic mass is 10.2. The lowest BCUT2D eigenvalue weighted by molar-refractivity contribution is 0.558. The van der Waals surface area contributed by atoms with E-state index in [4.69, 9.17) is 0 Å². The van der Waals surface area contributed by atoms with Gasteiger partial charge in [0.05, 0.1) is 5.69 Å². The van der Waals surface area contributed by atoms with E-state index in [1.807, 2.05) is 20.0 Å². The number of hydrogen-bond acceptors (Lipinski definition) is 2. The number of aromatic nitrogens is 2. The Hall–Kier alpha value is -1.12. The SMILES string of the molecule is CC(C)n1cc2c(nc1=O)CCC2. The van der Waals surface area contributed by atoms with Gasteiger partial charge in [-0.3, -0.25) is 4.57 Å². The van der Waals surface area contributed by atoms with Gasteiger partial charge in [-0.15, -0.1) is 0 Å². The predicted molar refractivity (Wildman–Crippen MR) is 50.9 cm³/mol. The second kappa shape index (κ2) is 2.98. The summed E-state index contributed by atoms with van der Waals surface area (Å²) in [6.07, 6.45) is 5.17. The third-order valence-corrected chi connectivity index (χ3v) is 2.53. The van der Waals surface area contributed by atoms with Crippen LogP contribution in [0.3, 0.4) is 0 Å². The molecule has 0 amide bonds. The fourth-order valence-electron chi connectivity index (χ4n) is 1.78. The first kappa shape index (κ1) is 8.48. The number of nitrogens with zero attached hydrogens (tertiary/aromatic N) is 2. The number of fused-ring (bicyclic) bond motifs is 1. The second-order valence-electron chi connectivity index (χ2n) is 3.85. The maximum Gasteiger partial charge on any atom is 0.348 e. The van der Waals surface area contributed by atoms with Gasteiger partial charge >= 0.3 is 5.69 Å². The van der Waals surface area contributed by atoms with Crippen molar-refractivity contribution in [1.82, 2.24) is 9.55 Å². The summed E-state index contributed by atoms with van der Waals surface area (Å²) in [7, 11) is 0. The van der Waals surface area contributed by atoms with Crippen LogP contribution >= 0.6 is 0 Å². The topological polar surface area (TPSA) is 34.9 Å². The Balaban J connectivity index is 2.56. The minimum absolute atomic E-state index is 0.101. The van der Waals surface area contributed by atoms with Crippen molar-refractivity contribution in [2.45, 2.75) is 39.2 Å². The summed E-state index contributed by atoms with van der Waals surface area (Å²) in [5, 5.41) is 0. The van der Waals surface area contributed by atoms with E-state index in [1.54, 1.807) is 4.57 Å². The van der Waals surface area contributed by atoms with E-state index >= 15 is 0 Å². The zero-order valence-electron chi connectivity index (χ0n) is 8.08. The van der Waals surface area contributed by atoms with Crippen molar-refractivity contribution >= 4 is 0 Å². The predicted octanol–water partition coefficient (Wildman–Crippen LogP) is 1.31. The fraction of sp³-hybridized carbons (Fsp3) is 0.600. The Kier molecular flexibility index (Phi) is 1.94. The average Bonchev–Trinajstić information content (AvgIpc) is 2.48. The molecule has 1 aromatic heterocycles. The molecule has 0 spiro atoms. The number of rotatable bonds is 1. The Labute approximate surface area is 77.4 Å². The van der Waals surface area contributed by atoms with Crippen molar-refractivity contribution < 1.29 is 0 Å². The molecule has 0 unspecified atom stereocenters. The molecule has 1 aromatic rings. The van der Waals surface area contributed by atoms with Crippen LogP contribution in [0.1, 0.15) is 37.6 Å². The zero-order chi connectivity index (χ0) is 9.42. The van der Waals surface area contributed by atoms with Crippen LogP contribution in [0.25, 0.3) is 0 Å². The molecule has 1 heterocycles. The Morgan fingerprint density at radius 3 is 2.92 bits per heavy atom. The summed E-state index contributed by atoms with van der Waals surface area (Å²) in [6.45, 7) is 4.01. The normalized spacial score (nSPS) is 15.0. The maximum atomic E-state index is 11.5. The van der Waals surface area contributed by atoms with Crippen LogP contribution in [-0.4, -0.2) is 9.55 Å². The van der Waals surface area contributed by atoms with Gasteiger partial charge < -0.3 is 0 Å². The first-order valence-electron chi connectivity index (χ1n) is 4.79. The lowest BCUT2D eigenvalue weighted by Crippen LogP contribution is -2.25. The highest BCUT2D eigenvalue weighted by atomic mass is 16.1. The summed E-state index contributed by atoms with van der Waals surface area (Å²) in [6, 6.07) is 0.214. The van der Waals surface area contributed by atoms with E-state index in [1.165, 1.54) is 5.56 Å². The van der Waals surface area contributed by atoms with Gasteiger partial charge in [-0.25, -0.2) is 4.79 Å². The van der Waals surface area contributed by atoms with Gasteiger partial charge in [-0.05, 0) is 38.7 Å². The highest BCUT2D eigenvalue weighted by Gasteiger charge is 2.14. The highest BCUT2D eigenvalue weighted by molar-refractivity contribution is 5.21. The molecule has 70 valence electrons. The Bertz CT molecular complexity index is 379. The van der Waals surface area contributed by atoms with Crippen LogP contribution < -0.4 is 5.69 Å². The molecule has 1 aliphatic rings. The van der Waals surface area contributed by atoms with Crippen LogP contribution in [0.2, 0.25) is 0 Å². The molecular weight excluding hydrogens is 164 g/mol. The van der Waals surface area contributed by atoms with E-state index in [0.717, 1.165) is 25.0 Å². The van der Waals surface area contributed by atoms with Crippen molar-refractivity contribution in [1.29, 1.82) is 0 Å². The first-order valence-corrected chi connectivity index (χ1v) is 4.79. The molecule has 0 saturated heterocycles. The summed E-state index contributed by atoms with van der Waals surface area (Å²) in [5.41, 5.74) is 2.17. The standard InChI is InChI=1S/C10H14N2O/c1-7(2)12-6-8-4-3-5-9(8)11-10(12)13/h6-7H,3-5H2,1-2H3. The Morgan fingerprint density at radius 1 is 1.46 bits per heavy atom. The lowest BCUT2D eigenvalue weighted by Gasteiger charge is -2.10. The number of hydrogen-bond donors (Lipinski definition) is 0. The molecule has 0 aromatic carbocycles. The summed E-state index contributed by atoms with van der Waals surface area (Å²) in [4.78, 5) is 15.6. The number of aryl methyl sites for hydroxylation is 2. The van der Waals surface area contributed by atoms with E-state index in [9.17, 15) is 4.79 Å². The molecule has 1 aliphatic carbocycles. The molecule has 2 rings (SSSR count). The van der Waals surface area contributed by atoms with Crippen molar-refractivity contribution in [3.63, 3.8) is 0 Å². The van der Waals surface area contributed by atoms with Crippen molar-refractivity contribution in [2.24, 2.45) is 0 Å². The van der Waals surface area contributed by atoms with E-state index in [2.05, 4.69) is 4.98 Å². The third kappa shape index (κ3) is 1.39. The largest absolute Gasteiger partial charge is 0.348 e. The zero-order valence-corrected chi connectivity index (χ0v) is 8.08. The van der Waals surface area contributed by atoms with Gasteiger partial charge in [0.2, 0.25) is 0 Å².